The lowest BCUT2D eigenvalue weighted by atomic mass is 9.73. The van der Waals surface area contributed by atoms with Crippen molar-refractivity contribution in [2.45, 2.75) is 69.4 Å². The van der Waals surface area contributed by atoms with E-state index in [1.165, 1.54) is 4.90 Å². The fourth-order valence-electron chi connectivity index (χ4n) is 6.68. The van der Waals surface area contributed by atoms with Crippen molar-refractivity contribution < 1.29 is 29.0 Å². The second-order valence-electron chi connectivity index (χ2n) is 10.7. The Hall–Kier alpha value is -2.97. The Kier molecular flexibility index (Phi) is 6.75. The number of hydrogen-bond acceptors (Lipinski definition) is 6. The molecule has 2 saturated heterocycles. The summed E-state index contributed by atoms with van der Waals surface area (Å²) in [5.41, 5.74) is -1.47. The van der Waals surface area contributed by atoms with E-state index in [2.05, 4.69) is 0 Å². The van der Waals surface area contributed by atoms with E-state index in [1.807, 2.05) is 75.4 Å². The molecular formula is C29H36N2O6. The second-order valence-corrected chi connectivity index (χ2v) is 10.7. The predicted octanol–water partition coefficient (Wildman–Crippen LogP) is 2.26. The van der Waals surface area contributed by atoms with Crippen LogP contribution in [0.5, 0.6) is 0 Å². The summed E-state index contributed by atoms with van der Waals surface area (Å²) in [6.45, 7) is 6.08. The molecule has 0 saturated carbocycles. The van der Waals surface area contributed by atoms with Gasteiger partial charge >= 0.3 is 5.97 Å². The van der Waals surface area contributed by atoms with E-state index in [9.17, 15) is 19.5 Å². The number of amides is 2. The SMILES string of the molecule is CC[C@]12C=CCCOC(=O)[C@H]1[C@H]1C(=O)N([C@@H](CO)Cc3ccccc3)C3C(=O)N(C(C)C)CC=C[C@@]31O2. The summed E-state index contributed by atoms with van der Waals surface area (Å²) < 4.78 is 12.5. The number of aliphatic hydroxyl groups is 1. The Bertz CT molecular complexity index is 1120. The van der Waals surface area contributed by atoms with Crippen molar-refractivity contribution in [2.75, 3.05) is 19.8 Å². The third-order valence-corrected chi connectivity index (χ3v) is 8.41. The lowest BCUT2D eigenvalue weighted by Gasteiger charge is -2.41. The number of carbonyl (C=O) groups is 3. The Morgan fingerprint density at radius 3 is 2.49 bits per heavy atom. The third kappa shape index (κ3) is 3.92. The molecule has 4 aliphatic rings. The maximum atomic E-state index is 14.4. The molecule has 1 spiro atoms. The minimum Gasteiger partial charge on any atom is -0.465 e. The van der Waals surface area contributed by atoms with Gasteiger partial charge in [0.25, 0.3) is 0 Å². The summed E-state index contributed by atoms with van der Waals surface area (Å²) in [5, 5.41) is 10.5. The van der Waals surface area contributed by atoms with E-state index in [1.54, 1.807) is 4.90 Å². The molecule has 1 N–H and O–H groups in total. The van der Waals surface area contributed by atoms with Gasteiger partial charge in [0.2, 0.25) is 11.8 Å². The largest absolute Gasteiger partial charge is 0.465 e. The molecule has 37 heavy (non-hydrogen) atoms. The van der Waals surface area contributed by atoms with Crippen LogP contribution < -0.4 is 0 Å². The van der Waals surface area contributed by atoms with Crippen LogP contribution in [0, 0.1) is 11.8 Å². The molecule has 2 amide bonds. The molecule has 4 aliphatic heterocycles. The lowest BCUT2D eigenvalue weighted by Crippen LogP contribution is -2.60. The van der Waals surface area contributed by atoms with Gasteiger partial charge in [-0.2, -0.15) is 0 Å². The first-order valence-electron chi connectivity index (χ1n) is 13.3. The summed E-state index contributed by atoms with van der Waals surface area (Å²) in [5.74, 6) is -2.90. The van der Waals surface area contributed by atoms with Crippen LogP contribution in [0.2, 0.25) is 0 Å². The third-order valence-electron chi connectivity index (χ3n) is 8.41. The van der Waals surface area contributed by atoms with Crippen LogP contribution in [0.25, 0.3) is 0 Å². The van der Waals surface area contributed by atoms with E-state index in [-0.39, 0.29) is 31.1 Å². The molecule has 0 aromatic heterocycles. The van der Waals surface area contributed by atoms with Gasteiger partial charge in [-0.25, -0.2) is 0 Å². The van der Waals surface area contributed by atoms with Gasteiger partial charge in [0.05, 0.1) is 25.2 Å². The first-order chi connectivity index (χ1) is 17.8. The smallest absolute Gasteiger partial charge is 0.313 e. The quantitative estimate of drug-likeness (QED) is 0.468. The summed E-state index contributed by atoms with van der Waals surface area (Å²) in [7, 11) is 0. The van der Waals surface area contributed by atoms with Crippen LogP contribution in [0.15, 0.2) is 54.6 Å². The highest BCUT2D eigenvalue weighted by molar-refractivity contribution is 5.99. The molecule has 5 rings (SSSR count). The van der Waals surface area contributed by atoms with Gasteiger partial charge in [0, 0.05) is 12.6 Å². The van der Waals surface area contributed by atoms with Crippen LogP contribution >= 0.6 is 0 Å². The Balaban J connectivity index is 1.67. The van der Waals surface area contributed by atoms with Gasteiger partial charge in [0.1, 0.15) is 23.2 Å². The number of rotatable bonds is 6. The van der Waals surface area contributed by atoms with Crippen molar-refractivity contribution >= 4 is 17.8 Å². The Morgan fingerprint density at radius 2 is 1.81 bits per heavy atom. The minimum atomic E-state index is -1.35. The molecule has 1 aromatic carbocycles. The number of fused-ring (bicyclic) bond motifs is 2. The first kappa shape index (κ1) is 25.7. The average molecular weight is 509 g/mol. The normalized spacial score (nSPS) is 34.0. The van der Waals surface area contributed by atoms with E-state index in [0.29, 0.717) is 25.8 Å². The number of aliphatic hydroxyl groups excluding tert-OH is 1. The summed E-state index contributed by atoms with van der Waals surface area (Å²) in [6, 6.07) is 7.81. The van der Waals surface area contributed by atoms with Gasteiger partial charge in [0.15, 0.2) is 0 Å². The van der Waals surface area contributed by atoms with Crippen molar-refractivity contribution in [1.82, 2.24) is 9.80 Å². The van der Waals surface area contributed by atoms with Crippen LogP contribution in [0.1, 0.15) is 39.2 Å². The molecule has 0 aliphatic carbocycles. The molecule has 8 heteroatoms. The standard InChI is InChI=1S/C29H36N2O6/c1-4-28-13-8-9-16-36-27(35)23(28)22-25(33)31(21(18-32)17-20-11-6-5-7-12-20)24-26(34)30(19(2)3)15-10-14-29(22,24)37-28/h5-8,10-14,19,21-24,32H,4,9,15-18H2,1-3H3/t21-,22+,23-,24?,28+,29+/m1/s1. The maximum absolute atomic E-state index is 14.4. The van der Waals surface area contributed by atoms with Crippen molar-refractivity contribution in [2.24, 2.45) is 11.8 Å². The fourth-order valence-corrected chi connectivity index (χ4v) is 6.68. The molecule has 2 fully saturated rings. The number of likely N-dealkylation sites (tertiary alicyclic amines) is 1. The lowest BCUT2D eigenvalue weighted by molar-refractivity contribution is -0.164. The molecule has 6 atom stereocenters. The topological polar surface area (TPSA) is 96.4 Å². The number of benzene rings is 1. The number of nitrogens with zero attached hydrogens (tertiary/aromatic N) is 2. The zero-order valence-corrected chi connectivity index (χ0v) is 21.7. The molecule has 8 nitrogen and oxygen atoms in total. The molecule has 4 heterocycles. The van der Waals surface area contributed by atoms with Gasteiger partial charge in [-0.1, -0.05) is 61.6 Å². The van der Waals surface area contributed by atoms with Crippen LogP contribution in [-0.2, 0) is 30.3 Å². The van der Waals surface area contributed by atoms with E-state index >= 15 is 0 Å². The average Bonchev–Trinajstić information content (AvgIpc) is 3.23. The molecule has 198 valence electrons. The second kappa shape index (κ2) is 9.72. The van der Waals surface area contributed by atoms with Crippen LogP contribution in [0.4, 0.5) is 0 Å². The highest BCUT2D eigenvalue weighted by Gasteiger charge is 2.76. The summed E-state index contributed by atoms with van der Waals surface area (Å²) in [6.07, 6.45) is 8.93. The predicted molar refractivity (Wildman–Crippen MR) is 136 cm³/mol. The molecule has 0 radical (unpaired) electrons. The number of ether oxygens (including phenoxy) is 2. The summed E-state index contributed by atoms with van der Waals surface area (Å²) in [4.78, 5) is 45.4. The van der Waals surface area contributed by atoms with Gasteiger partial charge < -0.3 is 24.4 Å². The van der Waals surface area contributed by atoms with Crippen molar-refractivity contribution in [3.8, 4) is 0 Å². The number of carbonyl (C=O) groups excluding carboxylic acids is 3. The zero-order chi connectivity index (χ0) is 26.4. The highest BCUT2D eigenvalue weighted by Crippen LogP contribution is 2.58. The fraction of sp³-hybridized carbons (Fsp3) is 0.552. The molecule has 1 unspecified atom stereocenters. The zero-order valence-electron chi connectivity index (χ0n) is 21.7. The van der Waals surface area contributed by atoms with Crippen molar-refractivity contribution in [3.05, 3.63) is 60.2 Å². The van der Waals surface area contributed by atoms with Gasteiger partial charge in [-0.3, -0.25) is 14.4 Å². The first-order valence-corrected chi connectivity index (χ1v) is 13.3. The van der Waals surface area contributed by atoms with Crippen LogP contribution in [0.3, 0.4) is 0 Å². The molecule has 1 aromatic rings. The van der Waals surface area contributed by atoms with Crippen LogP contribution in [-0.4, -0.2) is 81.8 Å². The van der Waals surface area contributed by atoms with E-state index in [0.717, 1.165) is 5.56 Å². The number of esters is 1. The van der Waals surface area contributed by atoms with Crippen molar-refractivity contribution in [3.63, 3.8) is 0 Å². The maximum Gasteiger partial charge on any atom is 0.313 e. The van der Waals surface area contributed by atoms with Gasteiger partial charge in [-0.05, 0) is 38.7 Å². The van der Waals surface area contributed by atoms with E-state index < -0.39 is 41.1 Å². The molecule has 0 bridgehead atoms. The molecular weight excluding hydrogens is 472 g/mol. The monoisotopic (exact) mass is 508 g/mol. The summed E-state index contributed by atoms with van der Waals surface area (Å²) >= 11 is 0. The number of hydrogen-bond donors (Lipinski definition) is 1. The Labute approximate surface area is 217 Å². The highest BCUT2D eigenvalue weighted by atomic mass is 16.6. The minimum absolute atomic E-state index is 0.106. The van der Waals surface area contributed by atoms with Gasteiger partial charge in [-0.15, -0.1) is 0 Å². The van der Waals surface area contributed by atoms with Crippen molar-refractivity contribution in [1.29, 1.82) is 0 Å². The van der Waals surface area contributed by atoms with E-state index in [4.69, 9.17) is 9.47 Å². The Morgan fingerprint density at radius 1 is 1.05 bits per heavy atom. The number of cyclic esters (lactones) is 1.